The summed E-state index contributed by atoms with van der Waals surface area (Å²) in [6.45, 7) is 5.46. The Labute approximate surface area is 144 Å². The molecule has 0 saturated carbocycles. The molecule has 0 aliphatic rings. The van der Waals surface area contributed by atoms with Crippen molar-refractivity contribution in [3.63, 3.8) is 0 Å². The number of hydrogen-bond acceptors (Lipinski definition) is 4. The van der Waals surface area contributed by atoms with Gasteiger partial charge in [-0.05, 0) is 43.2 Å². The number of aliphatic hydroxyl groups is 1. The number of aryl methyl sites for hydroxylation is 2. The highest BCUT2D eigenvalue weighted by molar-refractivity contribution is 5.53. The van der Waals surface area contributed by atoms with Crippen molar-refractivity contribution in [1.82, 2.24) is 0 Å². The quantitative estimate of drug-likeness (QED) is 0.807. The highest BCUT2D eigenvalue weighted by atomic mass is 16.5. The maximum Gasteiger partial charge on any atom is 0.119 e. The Morgan fingerprint density at radius 2 is 1.92 bits per heavy atom. The molecule has 2 rings (SSSR count). The van der Waals surface area contributed by atoms with Crippen LogP contribution in [0.3, 0.4) is 0 Å². The Hall–Kier alpha value is -2.04. The van der Waals surface area contributed by atoms with E-state index in [4.69, 9.17) is 9.47 Å². The summed E-state index contributed by atoms with van der Waals surface area (Å²) in [6, 6.07) is 14.1. The van der Waals surface area contributed by atoms with Gasteiger partial charge in [0.15, 0.2) is 0 Å². The molecule has 1 atom stereocenters. The molecule has 130 valence electrons. The van der Waals surface area contributed by atoms with Crippen LogP contribution in [0.15, 0.2) is 42.5 Å². The zero-order chi connectivity index (χ0) is 17.5. The highest BCUT2D eigenvalue weighted by Crippen LogP contribution is 2.20. The van der Waals surface area contributed by atoms with E-state index in [1.54, 1.807) is 7.11 Å². The second kappa shape index (κ2) is 8.71. The van der Waals surface area contributed by atoms with Crippen molar-refractivity contribution in [2.75, 3.05) is 32.2 Å². The molecule has 0 aromatic heterocycles. The molecule has 0 heterocycles. The van der Waals surface area contributed by atoms with Crippen LogP contribution in [0.5, 0.6) is 5.75 Å². The van der Waals surface area contributed by atoms with Crippen LogP contribution in [0.4, 0.5) is 5.69 Å². The minimum atomic E-state index is -0.540. The SMILES string of the molecule is COc1cccc(COC[C@@H](O)CN(C)c2ccc(C)cc2C)c1. The van der Waals surface area contributed by atoms with E-state index in [1.807, 2.05) is 31.3 Å². The molecular formula is C20H27NO3. The summed E-state index contributed by atoms with van der Waals surface area (Å²) < 4.78 is 10.8. The Kier molecular flexibility index (Phi) is 6.64. The molecule has 0 amide bonds. The molecule has 0 radical (unpaired) electrons. The van der Waals surface area contributed by atoms with Gasteiger partial charge in [0.05, 0.1) is 26.4 Å². The molecule has 1 N–H and O–H groups in total. The molecule has 0 fully saturated rings. The lowest BCUT2D eigenvalue weighted by atomic mass is 10.1. The van der Waals surface area contributed by atoms with Gasteiger partial charge in [-0.3, -0.25) is 0 Å². The minimum absolute atomic E-state index is 0.298. The summed E-state index contributed by atoms with van der Waals surface area (Å²) in [6.07, 6.45) is -0.540. The maximum absolute atomic E-state index is 10.2. The fourth-order valence-corrected chi connectivity index (χ4v) is 2.78. The van der Waals surface area contributed by atoms with Gasteiger partial charge in [-0.2, -0.15) is 0 Å². The van der Waals surface area contributed by atoms with Crippen molar-refractivity contribution in [3.05, 3.63) is 59.2 Å². The topological polar surface area (TPSA) is 41.9 Å². The number of rotatable bonds is 8. The number of nitrogens with zero attached hydrogens (tertiary/aromatic N) is 1. The van der Waals surface area contributed by atoms with E-state index in [0.717, 1.165) is 17.0 Å². The monoisotopic (exact) mass is 329 g/mol. The molecule has 24 heavy (non-hydrogen) atoms. The zero-order valence-corrected chi connectivity index (χ0v) is 15.0. The van der Waals surface area contributed by atoms with E-state index >= 15 is 0 Å². The second-order valence-electron chi connectivity index (χ2n) is 6.19. The third-order valence-corrected chi connectivity index (χ3v) is 3.96. The molecule has 4 heteroatoms. The van der Waals surface area contributed by atoms with Crippen molar-refractivity contribution in [2.24, 2.45) is 0 Å². The normalized spacial score (nSPS) is 12.0. The summed E-state index contributed by atoms with van der Waals surface area (Å²) >= 11 is 0. The molecular weight excluding hydrogens is 302 g/mol. The number of methoxy groups -OCH3 is 1. The van der Waals surface area contributed by atoms with Gasteiger partial charge < -0.3 is 19.5 Å². The molecule has 0 saturated heterocycles. The largest absolute Gasteiger partial charge is 0.497 e. The van der Waals surface area contributed by atoms with Crippen LogP contribution in [0, 0.1) is 13.8 Å². The van der Waals surface area contributed by atoms with Crippen LogP contribution in [0.25, 0.3) is 0 Å². The van der Waals surface area contributed by atoms with E-state index in [2.05, 4.69) is 36.9 Å². The first-order chi connectivity index (χ1) is 11.5. The standard InChI is InChI=1S/C20H27NO3/c1-15-8-9-20(16(2)10-15)21(3)12-18(22)14-24-13-17-6-5-7-19(11-17)23-4/h5-11,18,22H,12-14H2,1-4H3/t18-/m0/s1. The predicted octanol–water partition coefficient (Wildman–Crippen LogP) is 3.33. The third kappa shape index (κ3) is 5.25. The lowest BCUT2D eigenvalue weighted by molar-refractivity contribution is 0.0324. The molecule has 2 aromatic rings. The number of hydrogen-bond donors (Lipinski definition) is 1. The van der Waals surface area contributed by atoms with Crippen LogP contribution in [-0.2, 0) is 11.3 Å². The third-order valence-electron chi connectivity index (χ3n) is 3.96. The Morgan fingerprint density at radius 1 is 1.12 bits per heavy atom. The van der Waals surface area contributed by atoms with E-state index < -0.39 is 6.10 Å². The average molecular weight is 329 g/mol. The van der Waals surface area contributed by atoms with Crippen molar-refractivity contribution < 1.29 is 14.6 Å². The number of benzene rings is 2. The summed E-state index contributed by atoms with van der Waals surface area (Å²) in [4.78, 5) is 2.06. The molecule has 2 aromatic carbocycles. The Bertz CT molecular complexity index is 657. The second-order valence-corrected chi connectivity index (χ2v) is 6.19. The zero-order valence-electron chi connectivity index (χ0n) is 15.0. The van der Waals surface area contributed by atoms with E-state index in [0.29, 0.717) is 19.8 Å². The predicted molar refractivity (Wildman–Crippen MR) is 97.8 cm³/mol. The fourth-order valence-electron chi connectivity index (χ4n) is 2.78. The van der Waals surface area contributed by atoms with Gasteiger partial charge in [-0.25, -0.2) is 0 Å². The lowest BCUT2D eigenvalue weighted by Crippen LogP contribution is -2.32. The number of anilines is 1. The van der Waals surface area contributed by atoms with E-state index in [1.165, 1.54) is 11.1 Å². The summed E-state index contributed by atoms with van der Waals surface area (Å²) in [5.41, 5.74) is 4.62. The van der Waals surface area contributed by atoms with Crippen molar-refractivity contribution >= 4 is 5.69 Å². The highest BCUT2D eigenvalue weighted by Gasteiger charge is 2.11. The molecule has 0 unspecified atom stereocenters. The van der Waals surface area contributed by atoms with Gasteiger partial charge in [0.25, 0.3) is 0 Å². The lowest BCUT2D eigenvalue weighted by Gasteiger charge is -2.24. The van der Waals surface area contributed by atoms with Crippen LogP contribution < -0.4 is 9.64 Å². The molecule has 0 bridgehead atoms. The van der Waals surface area contributed by atoms with E-state index in [-0.39, 0.29) is 0 Å². The van der Waals surface area contributed by atoms with Gasteiger partial charge in [0.2, 0.25) is 0 Å². The number of aliphatic hydroxyl groups excluding tert-OH is 1. The fraction of sp³-hybridized carbons (Fsp3) is 0.400. The maximum atomic E-state index is 10.2. The molecule has 0 aliphatic heterocycles. The average Bonchev–Trinajstić information content (AvgIpc) is 2.54. The van der Waals surface area contributed by atoms with Gasteiger partial charge >= 0.3 is 0 Å². The van der Waals surface area contributed by atoms with E-state index in [9.17, 15) is 5.11 Å². The van der Waals surface area contributed by atoms with Gasteiger partial charge in [0, 0.05) is 19.3 Å². The van der Waals surface area contributed by atoms with Crippen molar-refractivity contribution in [2.45, 2.75) is 26.6 Å². The smallest absolute Gasteiger partial charge is 0.119 e. The first kappa shape index (κ1) is 18.3. The first-order valence-electron chi connectivity index (χ1n) is 8.16. The summed E-state index contributed by atoms with van der Waals surface area (Å²) in [7, 11) is 3.63. The summed E-state index contributed by atoms with van der Waals surface area (Å²) in [5.74, 6) is 0.811. The first-order valence-corrected chi connectivity index (χ1v) is 8.16. The van der Waals surface area contributed by atoms with Crippen LogP contribution in [0.2, 0.25) is 0 Å². The number of likely N-dealkylation sites (N-methyl/N-ethyl adjacent to an activating group) is 1. The van der Waals surface area contributed by atoms with Crippen LogP contribution in [-0.4, -0.2) is 38.5 Å². The summed E-state index contributed by atoms with van der Waals surface area (Å²) in [5, 5.41) is 10.2. The Morgan fingerprint density at radius 3 is 2.62 bits per heavy atom. The van der Waals surface area contributed by atoms with Gasteiger partial charge in [-0.1, -0.05) is 29.8 Å². The number of ether oxygens (including phenoxy) is 2. The molecule has 0 aliphatic carbocycles. The molecule has 4 nitrogen and oxygen atoms in total. The van der Waals surface area contributed by atoms with Crippen LogP contribution in [0.1, 0.15) is 16.7 Å². The van der Waals surface area contributed by atoms with Gasteiger partial charge in [0.1, 0.15) is 5.75 Å². The van der Waals surface area contributed by atoms with Crippen molar-refractivity contribution in [3.8, 4) is 5.75 Å². The minimum Gasteiger partial charge on any atom is -0.497 e. The van der Waals surface area contributed by atoms with Crippen LogP contribution >= 0.6 is 0 Å². The van der Waals surface area contributed by atoms with Gasteiger partial charge in [-0.15, -0.1) is 0 Å². The van der Waals surface area contributed by atoms with Crippen molar-refractivity contribution in [1.29, 1.82) is 0 Å². The Balaban J connectivity index is 1.81. The molecule has 0 spiro atoms.